The van der Waals surface area contributed by atoms with Crippen molar-refractivity contribution in [2.75, 3.05) is 157 Å². The number of hydrogen-bond acceptors (Lipinski definition) is 14. The molecular weight excluding hydrogens is 628 g/mol. The molecule has 0 saturated carbocycles. The molecule has 0 bridgehead atoms. The first-order valence-electron chi connectivity index (χ1n) is 16.5. The van der Waals surface area contributed by atoms with Crippen LogP contribution in [0.25, 0.3) is 0 Å². The molecule has 0 radical (unpaired) electrons. The summed E-state index contributed by atoms with van der Waals surface area (Å²) < 4.78 is 65.9. The van der Waals surface area contributed by atoms with E-state index in [4.69, 9.17) is 68.3 Å². The summed E-state index contributed by atoms with van der Waals surface area (Å²) in [7, 11) is 0. The van der Waals surface area contributed by atoms with Crippen LogP contribution in [0.1, 0.15) is 0 Å². The van der Waals surface area contributed by atoms with Crippen molar-refractivity contribution in [2.24, 2.45) is 0 Å². The number of nitrogen functional groups attached to an aromatic ring is 2. The van der Waals surface area contributed by atoms with Gasteiger partial charge in [0.1, 0.15) is 24.7 Å². The summed E-state index contributed by atoms with van der Waals surface area (Å²) in [4.78, 5) is 0. The Morgan fingerprint density at radius 3 is 0.667 bits per heavy atom. The molecule has 0 atom stereocenters. The average molecular weight is 685 g/mol. The first kappa shape index (κ1) is 41.4. The molecule has 0 spiro atoms. The minimum Gasteiger partial charge on any atom is -0.489 e. The second-order valence-corrected chi connectivity index (χ2v) is 9.90. The van der Waals surface area contributed by atoms with Crippen molar-refractivity contribution in [3.8, 4) is 11.5 Å². The maximum atomic E-state index is 5.82. The van der Waals surface area contributed by atoms with Gasteiger partial charge in [-0.2, -0.15) is 0 Å². The molecule has 2 aromatic carbocycles. The number of ether oxygens (including phenoxy) is 12. The summed E-state index contributed by atoms with van der Waals surface area (Å²) >= 11 is 0. The average Bonchev–Trinajstić information content (AvgIpc) is 3.10. The van der Waals surface area contributed by atoms with Crippen LogP contribution in [0.4, 0.5) is 11.4 Å². The number of rotatable bonds is 35. The van der Waals surface area contributed by atoms with Gasteiger partial charge in [0.05, 0.1) is 144 Å². The maximum absolute atomic E-state index is 5.82. The predicted molar refractivity (Wildman–Crippen MR) is 181 cm³/mol. The summed E-state index contributed by atoms with van der Waals surface area (Å²) in [6.07, 6.45) is 0. The Labute approximate surface area is 285 Å². The second-order valence-electron chi connectivity index (χ2n) is 9.90. The quantitative estimate of drug-likeness (QED) is 0.0804. The Balaban J connectivity index is 1.15. The summed E-state index contributed by atoms with van der Waals surface area (Å²) in [5.41, 5.74) is 12.9. The third-order valence-electron chi connectivity index (χ3n) is 6.16. The zero-order chi connectivity index (χ0) is 34.0. The van der Waals surface area contributed by atoms with E-state index in [1.54, 1.807) is 12.1 Å². The largest absolute Gasteiger partial charge is 0.489 e. The molecule has 0 saturated heterocycles. The van der Waals surface area contributed by atoms with Crippen molar-refractivity contribution in [1.29, 1.82) is 0 Å². The highest BCUT2D eigenvalue weighted by atomic mass is 16.6. The van der Waals surface area contributed by atoms with Crippen molar-refractivity contribution in [2.45, 2.75) is 0 Å². The Bertz CT molecular complexity index is 913. The van der Waals surface area contributed by atoms with Crippen molar-refractivity contribution in [3.63, 3.8) is 0 Å². The molecule has 0 unspecified atom stereocenters. The van der Waals surface area contributed by atoms with E-state index in [0.717, 1.165) is 0 Å². The highest BCUT2D eigenvalue weighted by Crippen LogP contribution is 2.20. The van der Waals surface area contributed by atoms with Crippen LogP contribution in [0.2, 0.25) is 0 Å². The number of benzene rings is 2. The number of hydrogen-bond donors (Lipinski definition) is 2. The monoisotopic (exact) mass is 684 g/mol. The third-order valence-corrected chi connectivity index (χ3v) is 6.16. The fraction of sp³-hybridized carbons (Fsp3) is 0.647. The topological polar surface area (TPSA) is 163 Å². The van der Waals surface area contributed by atoms with Gasteiger partial charge in [-0.05, 0) is 24.3 Å². The summed E-state index contributed by atoms with van der Waals surface area (Å²) in [5, 5.41) is 0. The summed E-state index contributed by atoms with van der Waals surface area (Å²) in [6.45, 7) is 10.8. The van der Waals surface area contributed by atoms with E-state index in [-0.39, 0.29) is 0 Å². The van der Waals surface area contributed by atoms with Gasteiger partial charge >= 0.3 is 0 Å². The standard InChI is InChI=1S/C34H56N2O12/c35-31-5-1-3-7-33(31)47-29-27-45-25-23-43-21-19-41-17-15-39-13-11-37-9-10-38-12-14-40-16-18-42-20-22-44-24-26-46-28-30-48-34-8-4-2-6-32(34)36/h1-8H,9-30,35-36H2. The van der Waals surface area contributed by atoms with Crippen LogP contribution in [0, 0.1) is 0 Å². The van der Waals surface area contributed by atoms with E-state index in [9.17, 15) is 0 Å². The summed E-state index contributed by atoms with van der Waals surface area (Å²) in [5.74, 6) is 1.33. The Morgan fingerprint density at radius 1 is 0.271 bits per heavy atom. The molecule has 48 heavy (non-hydrogen) atoms. The van der Waals surface area contributed by atoms with Gasteiger partial charge in [-0.15, -0.1) is 0 Å². The molecule has 0 fully saturated rings. The van der Waals surface area contributed by atoms with Gasteiger partial charge in [0.25, 0.3) is 0 Å². The zero-order valence-corrected chi connectivity index (χ0v) is 28.2. The van der Waals surface area contributed by atoms with Gasteiger partial charge in [0.2, 0.25) is 0 Å². The van der Waals surface area contributed by atoms with E-state index in [2.05, 4.69) is 0 Å². The highest BCUT2D eigenvalue weighted by Gasteiger charge is 2.00. The fourth-order valence-corrected chi connectivity index (χ4v) is 3.73. The Kier molecular flexibility index (Phi) is 27.2. The van der Waals surface area contributed by atoms with Crippen LogP contribution in [0.15, 0.2) is 48.5 Å². The van der Waals surface area contributed by atoms with Gasteiger partial charge in [0, 0.05) is 0 Å². The molecule has 2 rings (SSSR count). The molecule has 2 aromatic rings. The molecule has 0 amide bonds. The summed E-state index contributed by atoms with van der Waals surface area (Å²) in [6, 6.07) is 14.8. The van der Waals surface area contributed by atoms with Gasteiger partial charge in [0.15, 0.2) is 0 Å². The lowest BCUT2D eigenvalue weighted by molar-refractivity contribution is -0.0269. The molecule has 0 heterocycles. The minimum absolute atomic E-state index is 0.436. The van der Waals surface area contributed by atoms with Crippen LogP contribution in [-0.4, -0.2) is 145 Å². The molecule has 14 heteroatoms. The molecule has 274 valence electrons. The Hall–Kier alpha value is -2.76. The van der Waals surface area contributed by atoms with Crippen LogP contribution in [-0.2, 0) is 47.4 Å². The normalized spacial score (nSPS) is 11.2. The fourth-order valence-electron chi connectivity index (χ4n) is 3.73. The van der Waals surface area contributed by atoms with Gasteiger partial charge in [-0.1, -0.05) is 24.3 Å². The molecule has 4 N–H and O–H groups in total. The van der Waals surface area contributed by atoms with Crippen molar-refractivity contribution in [3.05, 3.63) is 48.5 Å². The van der Waals surface area contributed by atoms with Crippen LogP contribution >= 0.6 is 0 Å². The first-order valence-corrected chi connectivity index (χ1v) is 16.5. The lowest BCUT2D eigenvalue weighted by atomic mass is 10.3. The number of anilines is 2. The van der Waals surface area contributed by atoms with E-state index < -0.39 is 0 Å². The minimum atomic E-state index is 0.436. The van der Waals surface area contributed by atoms with E-state index in [1.165, 1.54) is 0 Å². The van der Waals surface area contributed by atoms with E-state index >= 15 is 0 Å². The third kappa shape index (κ3) is 24.4. The maximum Gasteiger partial charge on any atom is 0.142 e. The smallest absolute Gasteiger partial charge is 0.142 e. The molecule has 0 aromatic heterocycles. The molecule has 14 nitrogen and oxygen atoms in total. The second kappa shape index (κ2) is 31.5. The Morgan fingerprint density at radius 2 is 0.458 bits per heavy atom. The molecule has 0 aliphatic rings. The lowest BCUT2D eigenvalue weighted by Crippen LogP contribution is -2.15. The molecule has 0 aliphatic carbocycles. The van der Waals surface area contributed by atoms with Crippen LogP contribution in [0.3, 0.4) is 0 Å². The first-order chi connectivity index (χ1) is 23.8. The zero-order valence-electron chi connectivity index (χ0n) is 28.2. The number of para-hydroxylation sites is 4. The van der Waals surface area contributed by atoms with Crippen molar-refractivity contribution in [1.82, 2.24) is 0 Å². The van der Waals surface area contributed by atoms with Gasteiger partial charge in [-0.3, -0.25) is 0 Å². The lowest BCUT2D eigenvalue weighted by Gasteiger charge is -2.10. The van der Waals surface area contributed by atoms with E-state index in [0.29, 0.717) is 168 Å². The van der Waals surface area contributed by atoms with Crippen molar-refractivity contribution >= 4 is 11.4 Å². The number of nitrogens with two attached hydrogens (primary N) is 2. The van der Waals surface area contributed by atoms with E-state index in [1.807, 2.05) is 36.4 Å². The highest BCUT2D eigenvalue weighted by molar-refractivity contribution is 5.52. The van der Waals surface area contributed by atoms with Crippen LogP contribution < -0.4 is 20.9 Å². The van der Waals surface area contributed by atoms with Gasteiger partial charge in [-0.25, -0.2) is 0 Å². The predicted octanol–water partition coefficient (Wildman–Crippen LogP) is 2.47. The van der Waals surface area contributed by atoms with Crippen molar-refractivity contribution < 1.29 is 56.8 Å². The van der Waals surface area contributed by atoms with Gasteiger partial charge < -0.3 is 68.3 Å². The molecular formula is C34H56N2O12. The molecule has 0 aliphatic heterocycles. The SMILES string of the molecule is Nc1ccccc1OCCOCCOCCOCCOCCOCCOCCOCCOCCOCCOCCOc1ccccc1N. The van der Waals surface area contributed by atoms with Crippen LogP contribution in [0.5, 0.6) is 11.5 Å².